The number of anilines is 1. The second-order valence-electron chi connectivity index (χ2n) is 7.17. The molecule has 1 amide bonds. The predicted octanol–water partition coefficient (Wildman–Crippen LogP) is 3.66. The van der Waals surface area contributed by atoms with Crippen LogP contribution in [-0.4, -0.2) is 44.2 Å². The van der Waals surface area contributed by atoms with Crippen LogP contribution < -0.4 is 14.8 Å². The summed E-state index contributed by atoms with van der Waals surface area (Å²) in [5.41, 5.74) is 2.77. The maximum Gasteiger partial charge on any atom is 0.228 e. The van der Waals surface area contributed by atoms with Gasteiger partial charge >= 0.3 is 0 Å². The van der Waals surface area contributed by atoms with E-state index in [0.717, 1.165) is 54.2 Å². The van der Waals surface area contributed by atoms with Crippen molar-refractivity contribution in [3.05, 3.63) is 53.6 Å². The van der Waals surface area contributed by atoms with Gasteiger partial charge in [0.05, 0.1) is 13.5 Å². The molecule has 0 bridgehead atoms. The fourth-order valence-electron chi connectivity index (χ4n) is 3.35. The summed E-state index contributed by atoms with van der Waals surface area (Å²) < 4.78 is 11.3. The van der Waals surface area contributed by atoms with Gasteiger partial charge in [0.15, 0.2) is 0 Å². The van der Waals surface area contributed by atoms with E-state index in [2.05, 4.69) is 17.3 Å². The molecule has 1 N–H and O–H groups in total. The van der Waals surface area contributed by atoms with Crippen LogP contribution in [0.4, 0.5) is 5.69 Å². The van der Waals surface area contributed by atoms with Gasteiger partial charge in [-0.15, -0.1) is 0 Å². The number of carbonyl (C=O) groups is 1. The zero-order valence-electron chi connectivity index (χ0n) is 16.3. The average molecular weight is 368 g/mol. The van der Waals surface area contributed by atoms with E-state index in [1.165, 1.54) is 0 Å². The monoisotopic (exact) mass is 368 g/mol. The summed E-state index contributed by atoms with van der Waals surface area (Å²) in [5.74, 6) is 1.65. The molecule has 0 unspecified atom stereocenters. The average Bonchev–Trinajstić information content (AvgIpc) is 2.65. The Morgan fingerprint density at radius 1 is 1.15 bits per heavy atom. The van der Waals surface area contributed by atoms with Crippen molar-refractivity contribution in [3.8, 4) is 11.5 Å². The maximum absolute atomic E-state index is 12.3. The van der Waals surface area contributed by atoms with Crippen LogP contribution in [0, 0.1) is 6.92 Å². The number of carbonyl (C=O) groups excluding carboxylic acids is 1. The highest BCUT2D eigenvalue weighted by Crippen LogP contribution is 2.22. The molecule has 2 aromatic rings. The van der Waals surface area contributed by atoms with Crippen LogP contribution in [0.3, 0.4) is 0 Å². The van der Waals surface area contributed by atoms with Crippen molar-refractivity contribution in [2.45, 2.75) is 32.3 Å². The van der Waals surface area contributed by atoms with Crippen molar-refractivity contribution in [2.75, 3.05) is 32.6 Å². The van der Waals surface area contributed by atoms with Gasteiger partial charge in [-0.3, -0.25) is 4.79 Å². The highest BCUT2D eigenvalue weighted by molar-refractivity contribution is 5.92. The van der Waals surface area contributed by atoms with E-state index in [-0.39, 0.29) is 12.0 Å². The minimum atomic E-state index is -0.0384. The summed E-state index contributed by atoms with van der Waals surface area (Å²) in [4.78, 5) is 14.6. The summed E-state index contributed by atoms with van der Waals surface area (Å²) in [7, 11) is 3.79. The van der Waals surface area contributed by atoms with Gasteiger partial charge < -0.3 is 19.7 Å². The lowest BCUT2D eigenvalue weighted by Crippen LogP contribution is -2.35. The fraction of sp³-hybridized carbons (Fsp3) is 0.409. The Bertz CT molecular complexity index is 766. The quantitative estimate of drug-likeness (QED) is 0.845. The molecule has 0 saturated carbocycles. The van der Waals surface area contributed by atoms with Gasteiger partial charge in [-0.1, -0.05) is 12.1 Å². The topological polar surface area (TPSA) is 50.8 Å². The first kappa shape index (κ1) is 19.2. The molecular formula is C22H28N2O3. The summed E-state index contributed by atoms with van der Waals surface area (Å²) in [5, 5.41) is 2.94. The van der Waals surface area contributed by atoms with E-state index in [1.54, 1.807) is 7.11 Å². The molecule has 0 aromatic heterocycles. The Balaban J connectivity index is 1.51. The standard InChI is InChI=1S/C22H28N2O3/c1-16-14-17(4-9-21(16)26-3)15-22(25)23-18-5-7-19(8-6-18)27-20-10-12-24(2)13-11-20/h4-9,14,20H,10-13,15H2,1-3H3,(H,23,25). The third-order valence-electron chi connectivity index (χ3n) is 4.93. The van der Waals surface area contributed by atoms with E-state index < -0.39 is 0 Å². The largest absolute Gasteiger partial charge is 0.496 e. The molecule has 5 heteroatoms. The van der Waals surface area contributed by atoms with Crippen LogP contribution in [-0.2, 0) is 11.2 Å². The number of piperidine rings is 1. The zero-order valence-corrected chi connectivity index (χ0v) is 16.3. The van der Waals surface area contributed by atoms with Gasteiger partial charge in [-0.05, 0) is 68.3 Å². The van der Waals surface area contributed by atoms with Crippen molar-refractivity contribution >= 4 is 11.6 Å². The van der Waals surface area contributed by atoms with E-state index in [1.807, 2.05) is 49.4 Å². The minimum Gasteiger partial charge on any atom is -0.496 e. The van der Waals surface area contributed by atoms with Crippen LogP contribution in [0.25, 0.3) is 0 Å². The smallest absolute Gasteiger partial charge is 0.228 e. The summed E-state index contributed by atoms with van der Waals surface area (Å²) in [6.45, 7) is 4.12. The molecule has 3 rings (SSSR count). The number of benzene rings is 2. The number of rotatable bonds is 6. The number of methoxy groups -OCH3 is 1. The summed E-state index contributed by atoms with van der Waals surface area (Å²) in [6.07, 6.45) is 2.71. The first-order valence-electron chi connectivity index (χ1n) is 9.42. The summed E-state index contributed by atoms with van der Waals surface area (Å²) >= 11 is 0. The molecule has 0 atom stereocenters. The Morgan fingerprint density at radius 2 is 1.85 bits per heavy atom. The van der Waals surface area contributed by atoms with Crippen molar-refractivity contribution in [1.82, 2.24) is 4.90 Å². The first-order valence-corrected chi connectivity index (χ1v) is 9.42. The van der Waals surface area contributed by atoms with E-state index in [0.29, 0.717) is 6.42 Å². The van der Waals surface area contributed by atoms with Crippen molar-refractivity contribution in [2.24, 2.45) is 0 Å². The molecule has 1 heterocycles. The van der Waals surface area contributed by atoms with Gasteiger partial charge in [0.25, 0.3) is 0 Å². The van der Waals surface area contributed by atoms with E-state index in [4.69, 9.17) is 9.47 Å². The zero-order chi connectivity index (χ0) is 19.2. The minimum absolute atomic E-state index is 0.0384. The van der Waals surface area contributed by atoms with Gasteiger partial charge in [-0.25, -0.2) is 0 Å². The van der Waals surface area contributed by atoms with Crippen molar-refractivity contribution < 1.29 is 14.3 Å². The Labute approximate surface area is 161 Å². The highest BCUT2D eigenvalue weighted by atomic mass is 16.5. The van der Waals surface area contributed by atoms with Crippen LogP contribution in [0.15, 0.2) is 42.5 Å². The lowest BCUT2D eigenvalue weighted by molar-refractivity contribution is -0.115. The van der Waals surface area contributed by atoms with Gasteiger partial charge in [0.2, 0.25) is 5.91 Å². The second kappa shape index (κ2) is 8.91. The Kier molecular flexibility index (Phi) is 6.35. The molecule has 144 valence electrons. The normalized spacial score (nSPS) is 15.4. The molecule has 1 fully saturated rings. The Hall–Kier alpha value is -2.53. The molecular weight excluding hydrogens is 340 g/mol. The highest BCUT2D eigenvalue weighted by Gasteiger charge is 2.17. The lowest BCUT2D eigenvalue weighted by atomic mass is 10.1. The van der Waals surface area contributed by atoms with Gasteiger partial charge in [0, 0.05) is 18.8 Å². The fourth-order valence-corrected chi connectivity index (χ4v) is 3.35. The molecule has 0 aliphatic carbocycles. The van der Waals surface area contributed by atoms with Crippen LogP contribution >= 0.6 is 0 Å². The molecule has 1 saturated heterocycles. The van der Waals surface area contributed by atoms with E-state index >= 15 is 0 Å². The van der Waals surface area contributed by atoms with Crippen molar-refractivity contribution in [3.63, 3.8) is 0 Å². The van der Waals surface area contributed by atoms with Crippen LogP contribution in [0.5, 0.6) is 11.5 Å². The molecule has 0 radical (unpaired) electrons. The van der Waals surface area contributed by atoms with Crippen LogP contribution in [0.2, 0.25) is 0 Å². The lowest BCUT2D eigenvalue weighted by Gasteiger charge is -2.29. The third kappa shape index (κ3) is 5.47. The number of nitrogens with zero attached hydrogens (tertiary/aromatic N) is 1. The number of amides is 1. The van der Waals surface area contributed by atoms with E-state index in [9.17, 15) is 4.79 Å². The van der Waals surface area contributed by atoms with Crippen molar-refractivity contribution in [1.29, 1.82) is 0 Å². The summed E-state index contributed by atoms with van der Waals surface area (Å²) in [6, 6.07) is 13.4. The first-order chi connectivity index (χ1) is 13.0. The van der Waals surface area contributed by atoms with Crippen LogP contribution in [0.1, 0.15) is 24.0 Å². The molecule has 27 heavy (non-hydrogen) atoms. The number of hydrogen-bond donors (Lipinski definition) is 1. The third-order valence-corrected chi connectivity index (χ3v) is 4.93. The SMILES string of the molecule is COc1ccc(CC(=O)Nc2ccc(OC3CCN(C)CC3)cc2)cc1C. The number of likely N-dealkylation sites (tertiary alicyclic amines) is 1. The molecule has 2 aromatic carbocycles. The molecule has 5 nitrogen and oxygen atoms in total. The predicted molar refractivity (Wildman–Crippen MR) is 108 cm³/mol. The number of ether oxygens (including phenoxy) is 2. The number of nitrogens with one attached hydrogen (secondary N) is 1. The molecule has 1 aliphatic heterocycles. The maximum atomic E-state index is 12.3. The Morgan fingerprint density at radius 3 is 2.48 bits per heavy atom. The molecule has 1 aliphatic rings. The second-order valence-corrected chi connectivity index (χ2v) is 7.17. The van der Waals surface area contributed by atoms with Gasteiger partial charge in [0.1, 0.15) is 17.6 Å². The molecule has 0 spiro atoms. The number of aryl methyl sites for hydroxylation is 1. The van der Waals surface area contributed by atoms with Gasteiger partial charge in [-0.2, -0.15) is 0 Å². The number of hydrogen-bond acceptors (Lipinski definition) is 4.